The highest BCUT2D eigenvalue weighted by Gasteiger charge is 2.56. The smallest absolute Gasteiger partial charge is 0.0623 e. The first-order valence-corrected chi connectivity index (χ1v) is 5.38. The van der Waals surface area contributed by atoms with Gasteiger partial charge in [-0.05, 0) is 19.4 Å². The lowest BCUT2D eigenvalue weighted by atomic mass is 9.71. The Labute approximate surface area is 81.0 Å². The lowest BCUT2D eigenvalue weighted by Crippen LogP contribution is -2.52. The van der Waals surface area contributed by atoms with Gasteiger partial charge in [0.25, 0.3) is 0 Å². The minimum Gasteiger partial charge on any atom is -0.377 e. The van der Waals surface area contributed by atoms with Gasteiger partial charge in [-0.1, -0.05) is 20.8 Å². The van der Waals surface area contributed by atoms with Crippen LogP contribution >= 0.6 is 0 Å². The standard InChI is InChI=1S/C11H21NO/c1-7(2)11(3)6-13-9-5-8(9)10(11)12-4/h7-10,12H,5-6H2,1-4H3. The first-order chi connectivity index (χ1) is 6.09. The van der Waals surface area contributed by atoms with Crippen LogP contribution in [0.5, 0.6) is 0 Å². The van der Waals surface area contributed by atoms with E-state index in [2.05, 4.69) is 33.1 Å². The molecule has 0 aromatic rings. The molecule has 1 aliphatic carbocycles. The molecular formula is C11H21NO. The third-order valence-electron chi connectivity index (χ3n) is 4.16. The van der Waals surface area contributed by atoms with Crippen LogP contribution in [0.15, 0.2) is 0 Å². The zero-order valence-corrected chi connectivity index (χ0v) is 9.13. The molecule has 2 fully saturated rings. The molecule has 0 aromatic carbocycles. The Hall–Kier alpha value is -0.0800. The predicted molar refractivity (Wildman–Crippen MR) is 53.6 cm³/mol. The summed E-state index contributed by atoms with van der Waals surface area (Å²) in [5, 5.41) is 3.49. The van der Waals surface area contributed by atoms with Crippen LogP contribution in [0, 0.1) is 17.3 Å². The van der Waals surface area contributed by atoms with Crippen LogP contribution in [-0.2, 0) is 4.74 Å². The number of fused-ring (bicyclic) bond motifs is 1. The molecule has 1 saturated carbocycles. The van der Waals surface area contributed by atoms with Crippen molar-refractivity contribution in [3.8, 4) is 0 Å². The second-order valence-electron chi connectivity index (χ2n) is 5.18. The molecule has 13 heavy (non-hydrogen) atoms. The van der Waals surface area contributed by atoms with E-state index in [1.165, 1.54) is 6.42 Å². The van der Waals surface area contributed by atoms with Gasteiger partial charge in [-0.2, -0.15) is 0 Å². The van der Waals surface area contributed by atoms with Gasteiger partial charge in [-0.25, -0.2) is 0 Å². The van der Waals surface area contributed by atoms with Crippen molar-refractivity contribution in [3.05, 3.63) is 0 Å². The van der Waals surface area contributed by atoms with Crippen molar-refractivity contribution in [2.24, 2.45) is 17.3 Å². The maximum atomic E-state index is 5.82. The van der Waals surface area contributed by atoms with E-state index in [9.17, 15) is 0 Å². The van der Waals surface area contributed by atoms with Crippen LogP contribution < -0.4 is 5.32 Å². The van der Waals surface area contributed by atoms with E-state index in [-0.39, 0.29) is 0 Å². The Balaban J connectivity index is 2.16. The third-order valence-corrected chi connectivity index (χ3v) is 4.16. The largest absolute Gasteiger partial charge is 0.377 e. The van der Waals surface area contributed by atoms with Gasteiger partial charge in [0, 0.05) is 17.4 Å². The van der Waals surface area contributed by atoms with Crippen molar-refractivity contribution < 1.29 is 4.74 Å². The van der Waals surface area contributed by atoms with Gasteiger partial charge in [0.2, 0.25) is 0 Å². The summed E-state index contributed by atoms with van der Waals surface area (Å²) in [5.41, 5.74) is 0.326. The molecule has 1 saturated heterocycles. The molecule has 76 valence electrons. The molecule has 0 aromatic heterocycles. The Morgan fingerprint density at radius 1 is 1.46 bits per heavy atom. The molecule has 2 heteroatoms. The molecule has 2 nitrogen and oxygen atoms in total. The highest BCUT2D eigenvalue weighted by atomic mass is 16.5. The predicted octanol–water partition coefficient (Wildman–Crippen LogP) is 1.66. The molecule has 4 unspecified atom stereocenters. The van der Waals surface area contributed by atoms with Gasteiger partial charge in [0.15, 0.2) is 0 Å². The Morgan fingerprint density at radius 3 is 2.69 bits per heavy atom. The molecule has 0 bridgehead atoms. The summed E-state index contributed by atoms with van der Waals surface area (Å²) in [7, 11) is 2.09. The van der Waals surface area contributed by atoms with Crippen LogP contribution in [0.1, 0.15) is 27.2 Å². The van der Waals surface area contributed by atoms with Crippen LogP contribution in [0.2, 0.25) is 0 Å². The normalized spacial score (nSPS) is 49.2. The molecule has 0 amide bonds. The number of ether oxygens (including phenoxy) is 1. The zero-order valence-electron chi connectivity index (χ0n) is 9.13. The minimum absolute atomic E-state index is 0.326. The van der Waals surface area contributed by atoms with Gasteiger partial charge >= 0.3 is 0 Å². The molecule has 0 spiro atoms. The topological polar surface area (TPSA) is 21.3 Å². The van der Waals surface area contributed by atoms with E-state index in [0.717, 1.165) is 12.5 Å². The lowest BCUT2D eigenvalue weighted by Gasteiger charge is -2.44. The molecule has 1 N–H and O–H groups in total. The number of rotatable bonds is 2. The summed E-state index contributed by atoms with van der Waals surface area (Å²) in [6, 6.07) is 0.659. The maximum absolute atomic E-state index is 5.82. The van der Waals surface area contributed by atoms with E-state index in [0.29, 0.717) is 23.5 Å². The van der Waals surface area contributed by atoms with Crippen molar-refractivity contribution in [2.45, 2.75) is 39.3 Å². The van der Waals surface area contributed by atoms with Crippen molar-refractivity contribution in [1.29, 1.82) is 0 Å². The SMILES string of the molecule is CNC1C2CC2OCC1(C)C(C)C. The van der Waals surface area contributed by atoms with Crippen molar-refractivity contribution in [3.63, 3.8) is 0 Å². The van der Waals surface area contributed by atoms with Crippen LogP contribution in [0.25, 0.3) is 0 Å². The van der Waals surface area contributed by atoms with E-state index in [1.54, 1.807) is 0 Å². The highest BCUT2D eigenvalue weighted by molar-refractivity contribution is 5.07. The quantitative estimate of drug-likeness (QED) is 0.703. The van der Waals surface area contributed by atoms with Gasteiger partial charge < -0.3 is 10.1 Å². The zero-order chi connectivity index (χ0) is 9.64. The third kappa shape index (κ3) is 1.31. The second kappa shape index (κ2) is 2.96. The molecule has 1 aliphatic heterocycles. The fourth-order valence-electron chi connectivity index (χ4n) is 2.67. The molecule has 4 atom stereocenters. The summed E-state index contributed by atoms with van der Waals surface area (Å²) in [4.78, 5) is 0. The van der Waals surface area contributed by atoms with Crippen LogP contribution in [0.4, 0.5) is 0 Å². The monoisotopic (exact) mass is 183 g/mol. The fourth-order valence-corrected chi connectivity index (χ4v) is 2.67. The van der Waals surface area contributed by atoms with E-state index in [1.807, 2.05) is 0 Å². The summed E-state index contributed by atoms with van der Waals surface area (Å²) < 4.78 is 5.82. The molecular weight excluding hydrogens is 162 g/mol. The van der Waals surface area contributed by atoms with Crippen LogP contribution in [-0.4, -0.2) is 25.8 Å². The van der Waals surface area contributed by atoms with E-state index >= 15 is 0 Å². The summed E-state index contributed by atoms with van der Waals surface area (Å²) in [5.74, 6) is 1.47. The Morgan fingerprint density at radius 2 is 2.15 bits per heavy atom. The first kappa shape index (κ1) is 9.47. The number of hydrogen-bond donors (Lipinski definition) is 1. The van der Waals surface area contributed by atoms with Crippen molar-refractivity contribution >= 4 is 0 Å². The van der Waals surface area contributed by atoms with Crippen molar-refractivity contribution in [2.75, 3.05) is 13.7 Å². The average Bonchev–Trinajstić information content (AvgIpc) is 2.82. The maximum Gasteiger partial charge on any atom is 0.0623 e. The Kier molecular flexibility index (Phi) is 2.16. The summed E-state index contributed by atoms with van der Waals surface area (Å²) in [6.45, 7) is 7.89. The van der Waals surface area contributed by atoms with Crippen molar-refractivity contribution in [1.82, 2.24) is 5.32 Å². The van der Waals surface area contributed by atoms with Gasteiger partial charge in [0.05, 0.1) is 12.7 Å². The average molecular weight is 183 g/mol. The summed E-state index contributed by atoms with van der Waals surface area (Å²) >= 11 is 0. The fraction of sp³-hybridized carbons (Fsp3) is 1.00. The van der Waals surface area contributed by atoms with E-state index < -0.39 is 0 Å². The number of hydrogen-bond acceptors (Lipinski definition) is 2. The summed E-state index contributed by atoms with van der Waals surface area (Å²) in [6.07, 6.45) is 1.85. The first-order valence-electron chi connectivity index (χ1n) is 5.38. The van der Waals surface area contributed by atoms with Gasteiger partial charge in [-0.3, -0.25) is 0 Å². The second-order valence-corrected chi connectivity index (χ2v) is 5.18. The van der Waals surface area contributed by atoms with Crippen LogP contribution in [0.3, 0.4) is 0 Å². The van der Waals surface area contributed by atoms with E-state index in [4.69, 9.17) is 4.74 Å². The lowest BCUT2D eigenvalue weighted by molar-refractivity contribution is -0.0533. The van der Waals surface area contributed by atoms with Gasteiger partial charge in [-0.15, -0.1) is 0 Å². The molecule has 2 rings (SSSR count). The number of nitrogens with one attached hydrogen (secondary N) is 1. The molecule has 0 radical (unpaired) electrons. The molecule has 2 aliphatic rings. The van der Waals surface area contributed by atoms with Gasteiger partial charge in [0.1, 0.15) is 0 Å². The Bertz CT molecular complexity index is 204. The molecule has 1 heterocycles. The highest BCUT2D eigenvalue weighted by Crippen LogP contribution is 2.50. The minimum atomic E-state index is 0.326.